The van der Waals surface area contributed by atoms with Crippen molar-refractivity contribution in [1.29, 1.82) is 0 Å². The topological polar surface area (TPSA) is 56.9 Å². The van der Waals surface area contributed by atoms with Gasteiger partial charge in [0.05, 0.1) is 0 Å². The number of fused-ring (bicyclic) bond motifs is 1. The van der Waals surface area contributed by atoms with Crippen molar-refractivity contribution in [3.63, 3.8) is 0 Å². The Morgan fingerprint density at radius 1 is 1.32 bits per heavy atom. The van der Waals surface area contributed by atoms with Crippen molar-refractivity contribution >= 4 is 16.9 Å². The number of benzene rings is 1. The third-order valence-corrected chi connectivity index (χ3v) is 3.11. The van der Waals surface area contributed by atoms with E-state index in [1.807, 2.05) is 26.0 Å². The van der Waals surface area contributed by atoms with Crippen LogP contribution < -0.4 is 10.6 Å². The number of nitrogens with one attached hydrogen (secondary N) is 3. The van der Waals surface area contributed by atoms with Crippen molar-refractivity contribution in [1.82, 2.24) is 15.6 Å². The molecule has 0 aliphatic heterocycles. The molecule has 19 heavy (non-hydrogen) atoms. The summed E-state index contributed by atoms with van der Waals surface area (Å²) < 4.78 is 0. The van der Waals surface area contributed by atoms with Crippen LogP contribution in [0.1, 0.15) is 25.1 Å². The first kappa shape index (κ1) is 13.5. The van der Waals surface area contributed by atoms with Gasteiger partial charge in [0.25, 0.3) is 0 Å². The fraction of sp³-hybridized carbons (Fsp3) is 0.400. The zero-order valence-electron chi connectivity index (χ0n) is 11.7. The summed E-state index contributed by atoms with van der Waals surface area (Å²) in [6.45, 7) is 6.61. The number of aryl methyl sites for hydroxylation is 1. The highest BCUT2D eigenvalue weighted by atomic mass is 16.2. The lowest BCUT2D eigenvalue weighted by molar-refractivity contribution is 0.238. The average Bonchev–Trinajstić information content (AvgIpc) is 2.65. The molecule has 3 N–H and O–H groups in total. The predicted octanol–water partition coefficient (Wildman–Crippen LogP) is 2.73. The summed E-state index contributed by atoms with van der Waals surface area (Å²) in [7, 11) is 0. The highest BCUT2D eigenvalue weighted by Crippen LogP contribution is 2.21. The number of hydrogen-bond donors (Lipinski definition) is 3. The Kier molecular flexibility index (Phi) is 4.10. The maximum Gasteiger partial charge on any atom is 0.314 e. The Morgan fingerprint density at radius 3 is 2.79 bits per heavy atom. The van der Waals surface area contributed by atoms with Gasteiger partial charge >= 0.3 is 6.03 Å². The third kappa shape index (κ3) is 3.28. The number of H-pyrrole nitrogens is 1. The fourth-order valence-electron chi connectivity index (χ4n) is 2.27. The second-order valence-corrected chi connectivity index (χ2v) is 5.08. The van der Waals surface area contributed by atoms with E-state index in [2.05, 4.69) is 34.7 Å². The van der Waals surface area contributed by atoms with Crippen LogP contribution in [0.2, 0.25) is 0 Å². The van der Waals surface area contributed by atoms with Crippen molar-refractivity contribution in [3.05, 3.63) is 35.5 Å². The molecule has 0 aliphatic carbocycles. The third-order valence-electron chi connectivity index (χ3n) is 3.11. The van der Waals surface area contributed by atoms with Crippen LogP contribution in [0.25, 0.3) is 10.9 Å². The van der Waals surface area contributed by atoms with E-state index in [0.29, 0.717) is 6.54 Å². The van der Waals surface area contributed by atoms with Gasteiger partial charge in [-0.15, -0.1) is 0 Å². The maximum absolute atomic E-state index is 11.5. The Hall–Kier alpha value is -1.97. The van der Waals surface area contributed by atoms with Gasteiger partial charge < -0.3 is 15.6 Å². The molecule has 0 atom stereocenters. The summed E-state index contributed by atoms with van der Waals surface area (Å²) in [4.78, 5) is 14.9. The molecule has 2 rings (SSSR count). The minimum absolute atomic E-state index is 0.104. The van der Waals surface area contributed by atoms with Crippen LogP contribution in [0.15, 0.2) is 24.3 Å². The monoisotopic (exact) mass is 259 g/mol. The molecule has 4 nitrogen and oxygen atoms in total. The van der Waals surface area contributed by atoms with E-state index in [4.69, 9.17) is 0 Å². The van der Waals surface area contributed by atoms with E-state index in [0.717, 1.165) is 11.9 Å². The molecule has 0 saturated heterocycles. The summed E-state index contributed by atoms with van der Waals surface area (Å²) >= 11 is 0. The summed E-state index contributed by atoms with van der Waals surface area (Å²) in [6, 6.07) is 8.31. The normalized spacial score (nSPS) is 10.9. The minimum atomic E-state index is -0.104. The Morgan fingerprint density at radius 2 is 2.05 bits per heavy atom. The highest BCUT2D eigenvalue weighted by Gasteiger charge is 2.08. The molecular formula is C15H21N3O. The van der Waals surface area contributed by atoms with Crippen molar-refractivity contribution in [2.75, 3.05) is 6.54 Å². The van der Waals surface area contributed by atoms with Gasteiger partial charge in [-0.3, -0.25) is 0 Å². The number of hydrogen-bond acceptors (Lipinski definition) is 1. The second kappa shape index (κ2) is 5.78. The smallest absolute Gasteiger partial charge is 0.314 e. The van der Waals surface area contributed by atoms with Gasteiger partial charge in [-0.25, -0.2) is 4.79 Å². The quantitative estimate of drug-likeness (QED) is 0.777. The number of amides is 2. The summed E-state index contributed by atoms with van der Waals surface area (Å²) in [5, 5.41) is 6.94. The Bertz CT molecular complexity index is 572. The van der Waals surface area contributed by atoms with Gasteiger partial charge in [-0.05, 0) is 38.8 Å². The summed E-state index contributed by atoms with van der Waals surface area (Å²) in [5.74, 6) is 0. The van der Waals surface area contributed by atoms with Gasteiger partial charge in [0.15, 0.2) is 0 Å². The van der Waals surface area contributed by atoms with Gasteiger partial charge in [0, 0.05) is 29.2 Å². The number of rotatable bonds is 4. The van der Waals surface area contributed by atoms with E-state index >= 15 is 0 Å². The average molecular weight is 259 g/mol. The molecule has 0 spiro atoms. The Balaban J connectivity index is 1.98. The van der Waals surface area contributed by atoms with Crippen LogP contribution in [-0.2, 0) is 6.42 Å². The zero-order valence-corrected chi connectivity index (χ0v) is 11.7. The predicted molar refractivity (Wildman–Crippen MR) is 78.4 cm³/mol. The molecule has 0 unspecified atom stereocenters. The molecule has 1 heterocycles. The molecule has 4 heteroatoms. The van der Waals surface area contributed by atoms with Gasteiger partial charge in [-0.1, -0.05) is 18.2 Å². The molecule has 0 radical (unpaired) electrons. The summed E-state index contributed by atoms with van der Waals surface area (Å²) in [5.41, 5.74) is 3.61. The molecule has 1 aromatic carbocycles. The van der Waals surface area contributed by atoms with Gasteiger partial charge in [0.2, 0.25) is 0 Å². The lowest BCUT2D eigenvalue weighted by Gasteiger charge is -2.10. The van der Waals surface area contributed by atoms with Gasteiger partial charge in [-0.2, -0.15) is 0 Å². The van der Waals surface area contributed by atoms with Crippen LogP contribution in [0.3, 0.4) is 0 Å². The van der Waals surface area contributed by atoms with Crippen molar-refractivity contribution in [2.24, 2.45) is 0 Å². The van der Waals surface area contributed by atoms with Gasteiger partial charge in [0.1, 0.15) is 0 Å². The van der Waals surface area contributed by atoms with E-state index in [9.17, 15) is 4.79 Å². The largest absolute Gasteiger partial charge is 0.358 e. The SMILES string of the molecule is Cc1[nH]c2ccccc2c1CCNC(=O)NC(C)C. The minimum Gasteiger partial charge on any atom is -0.358 e. The zero-order chi connectivity index (χ0) is 13.8. The maximum atomic E-state index is 11.5. The first-order valence-corrected chi connectivity index (χ1v) is 6.68. The number of para-hydroxylation sites is 1. The van der Waals surface area contributed by atoms with Crippen molar-refractivity contribution in [3.8, 4) is 0 Å². The van der Waals surface area contributed by atoms with Crippen LogP contribution in [0.5, 0.6) is 0 Å². The number of urea groups is 1. The van der Waals surface area contributed by atoms with E-state index in [1.54, 1.807) is 0 Å². The number of aromatic amines is 1. The van der Waals surface area contributed by atoms with Crippen molar-refractivity contribution in [2.45, 2.75) is 33.2 Å². The standard InChI is InChI=1S/C15H21N3O/c1-10(2)17-15(19)16-9-8-12-11(3)18-14-7-5-4-6-13(12)14/h4-7,10,18H,8-9H2,1-3H3,(H2,16,17,19). The fourth-order valence-corrected chi connectivity index (χ4v) is 2.27. The molecule has 0 fully saturated rings. The van der Waals surface area contributed by atoms with Crippen LogP contribution in [-0.4, -0.2) is 23.6 Å². The highest BCUT2D eigenvalue weighted by molar-refractivity contribution is 5.84. The van der Waals surface area contributed by atoms with E-state index < -0.39 is 0 Å². The lowest BCUT2D eigenvalue weighted by Crippen LogP contribution is -2.40. The number of carbonyl (C=O) groups excluding carboxylic acids is 1. The molecule has 2 amide bonds. The molecule has 0 aliphatic rings. The molecular weight excluding hydrogens is 238 g/mol. The van der Waals surface area contributed by atoms with E-state index in [1.165, 1.54) is 16.6 Å². The first-order chi connectivity index (χ1) is 9.08. The number of carbonyl (C=O) groups is 1. The van der Waals surface area contributed by atoms with Crippen LogP contribution in [0.4, 0.5) is 4.79 Å². The first-order valence-electron chi connectivity index (χ1n) is 6.68. The van der Waals surface area contributed by atoms with Crippen LogP contribution in [0, 0.1) is 6.92 Å². The summed E-state index contributed by atoms with van der Waals surface area (Å²) in [6.07, 6.45) is 0.835. The lowest BCUT2D eigenvalue weighted by atomic mass is 10.1. The molecule has 1 aromatic heterocycles. The second-order valence-electron chi connectivity index (χ2n) is 5.08. The molecule has 0 bridgehead atoms. The number of aromatic nitrogens is 1. The van der Waals surface area contributed by atoms with Crippen LogP contribution >= 0.6 is 0 Å². The molecule has 0 saturated carbocycles. The van der Waals surface area contributed by atoms with Crippen molar-refractivity contribution < 1.29 is 4.79 Å². The Labute approximate surface area is 113 Å². The molecule has 102 valence electrons. The van der Waals surface area contributed by atoms with E-state index in [-0.39, 0.29) is 12.1 Å². The molecule has 2 aromatic rings.